The zero-order valence-corrected chi connectivity index (χ0v) is 13.8. The molecule has 4 aromatic rings. The van der Waals surface area contributed by atoms with Gasteiger partial charge in [0.05, 0.1) is 12.8 Å². The Balaban J connectivity index is 1.63. The van der Waals surface area contributed by atoms with Gasteiger partial charge in [-0.15, -0.1) is 0 Å². The van der Waals surface area contributed by atoms with Crippen LogP contribution in [0.15, 0.2) is 73.1 Å². The predicted molar refractivity (Wildman–Crippen MR) is 96.4 cm³/mol. The number of halogens is 1. The van der Waals surface area contributed by atoms with Crippen LogP contribution in [0.2, 0.25) is 0 Å². The Morgan fingerprint density at radius 1 is 0.880 bits per heavy atom. The monoisotopic (exact) mass is 332 g/mol. The normalized spacial score (nSPS) is 11.0. The van der Waals surface area contributed by atoms with Gasteiger partial charge in [0.1, 0.15) is 17.2 Å². The maximum atomic E-state index is 13.0. The molecular formula is C21H17FN2O. The van der Waals surface area contributed by atoms with E-state index in [-0.39, 0.29) is 5.82 Å². The van der Waals surface area contributed by atoms with Gasteiger partial charge in [-0.05, 0) is 53.1 Å². The average molecular weight is 332 g/mol. The Morgan fingerprint density at radius 3 is 2.32 bits per heavy atom. The topological polar surface area (TPSA) is 26.5 Å². The maximum Gasteiger partial charge on any atom is 0.137 e. The predicted octanol–water partition coefficient (Wildman–Crippen LogP) is 4.74. The molecule has 4 rings (SSSR count). The Labute approximate surface area is 145 Å². The van der Waals surface area contributed by atoms with Crippen molar-refractivity contribution in [3.63, 3.8) is 0 Å². The third-order valence-corrected chi connectivity index (χ3v) is 4.22. The molecule has 0 aliphatic heterocycles. The molecule has 0 radical (unpaired) electrons. The molecule has 0 unspecified atom stereocenters. The van der Waals surface area contributed by atoms with Gasteiger partial charge in [-0.25, -0.2) is 9.37 Å². The number of aromatic nitrogens is 2. The van der Waals surface area contributed by atoms with Gasteiger partial charge in [-0.3, -0.25) is 0 Å². The first kappa shape index (κ1) is 15.4. The fraction of sp³-hybridized carbons (Fsp3) is 0.0952. The van der Waals surface area contributed by atoms with Crippen molar-refractivity contribution in [3.8, 4) is 16.9 Å². The van der Waals surface area contributed by atoms with E-state index in [0.717, 1.165) is 33.8 Å². The summed E-state index contributed by atoms with van der Waals surface area (Å²) in [4.78, 5) is 4.64. The SMILES string of the molecule is COc1ccc(-c2ccc3nc(Cc4ccc(F)cc4)cn3c2)cc1. The molecule has 0 fully saturated rings. The number of methoxy groups -OCH3 is 1. The zero-order chi connectivity index (χ0) is 17.2. The molecule has 0 atom stereocenters. The fourth-order valence-corrected chi connectivity index (χ4v) is 2.90. The highest BCUT2D eigenvalue weighted by Crippen LogP contribution is 2.23. The summed E-state index contributed by atoms with van der Waals surface area (Å²) in [5, 5.41) is 0. The third kappa shape index (κ3) is 3.24. The molecule has 0 bridgehead atoms. The van der Waals surface area contributed by atoms with Gasteiger partial charge in [0, 0.05) is 18.8 Å². The van der Waals surface area contributed by atoms with Gasteiger partial charge < -0.3 is 9.14 Å². The highest BCUT2D eigenvalue weighted by atomic mass is 19.1. The van der Waals surface area contributed by atoms with Crippen molar-refractivity contribution >= 4 is 5.65 Å². The summed E-state index contributed by atoms with van der Waals surface area (Å²) in [6.07, 6.45) is 4.77. The first-order valence-corrected chi connectivity index (χ1v) is 8.08. The number of imidazole rings is 1. The molecule has 124 valence electrons. The Hall–Kier alpha value is -3.14. The molecule has 0 aliphatic carbocycles. The minimum absolute atomic E-state index is 0.220. The molecule has 2 aromatic carbocycles. The van der Waals surface area contributed by atoms with Gasteiger partial charge in [-0.1, -0.05) is 24.3 Å². The largest absolute Gasteiger partial charge is 0.497 e. The first-order valence-electron chi connectivity index (χ1n) is 8.08. The van der Waals surface area contributed by atoms with Crippen molar-refractivity contribution < 1.29 is 9.13 Å². The second-order valence-electron chi connectivity index (χ2n) is 5.95. The van der Waals surface area contributed by atoms with Gasteiger partial charge in [0.15, 0.2) is 0 Å². The van der Waals surface area contributed by atoms with Crippen molar-refractivity contribution in [2.75, 3.05) is 7.11 Å². The summed E-state index contributed by atoms with van der Waals surface area (Å²) < 4.78 is 20.2. The van der Waals surface area contributed by atoms with Crippen molar-refractivity contribution in [2.24, 2.45) is 0 Å². The number of ether oxygens (including phenoxy) is 1. The van der Waals surface area contributed by atoms with E-state index in [9.17, 15) is 4.39 Å². The number of hydrogen-bond acceptors (Lipinski definition) is 2. The second kappa shape index (κ2) is 6.40. The summed E-state index contributed by atoms with van der Waals surface area (Å²) in [7, 11) is 1.66. The molecule has 3 nitrogen and oxygen atoms in total. The lowest BCUT2D eigenvalue weighted by Crippen LogP contribution is -1.88. The Kier molecular flexibility index (Phi) is 3.94. The molecule has 25 heavy (non-hydrogen) atoms. The van der Waals surface area contributed by atoms with Crippen LogP contribution in [0.4, 0.5) is 4.39 Å². The summed E-state index contributed by atoms with van der Waals surface area (Å²) in [5.74, 6) is 0.622. The van der Waals surface area contributed by atoms with Crippen molar-refractivity contribution in [1.82, 2.24) is 9.38 Å². The van der Waals surface area contributed by atoms with E-state index in [2.05, 4.69) is 17.2 Å². The molecule has 0 spiro atoms. The van der Waals surface area contributed by atoms with Crippen molar-refractivity contribution in [1.29, 1.82) is 0 Å². The van der Waals surface area contributed by atoms with Gasteiger partial charge in [0.2, 0.25) is 0 Å². The quantitative estimate of drug-likeness (QED) is 0.539. The lowest BCUT2D eigenvalue weighted by molar-refractivity contribution is 0.415. The Bertz CT molecular complexity index is 1000. The minimum Gasteiger partial charge on any atom is -0.497 e. The Morgan fingerprint density at radius 2 is 1.60 bits per heavy atom. The van der Waals surface area contributed by atoms with Gasteiger partial charge in [-0.2, -0.15) is 0 Å². The van der Waals surface area contributed by atoms with Crippen LogP contribution in [0.3, 0.4) is 0 Å². The number of pyridine rings is 1. The van der Waals surface area contributed by atoms with E-state index in [4.69, 9.17) is 4.74 Å². The molecule has 0 N–H and O–H groups in total. The standard InChI is InChI=1S/C21H17FN2O/c1-25-20-9-4-16(5-10-20)17-6-11-21-23-19(14-24(21)13-17)12-15-2-7-18(22)8-3-15/h2-11,13-14H,12H2,1H3. The highest BCUT2D eigenvalue weighted by molar-refractivity contribution is 5.65. The summed E-state index contributed by atoms with van der Waals surface area (Å²) in [5.41, 5.74) is 5.13. The molecular weight excluding hydrogens is 315 g/mol. The lowest BCUT2D eigenvalue weighted by Gasteiger charge is -2.04. The minimum atomic E-state index is -0.220. The van der Waals surface area contributed by atoms with Crippen molar-refractivity contribution in [3.05, 3.63) is 90.1 Å². The molecule has 0 saturated carbocycles. The summed E-state index contributed by atoms with van der Waals surface area (Å²) in [6, 6.07) is 18.6. The van der Waals surface area contributed by atoms with E-state index in [1.807, 2.05) is 40.9 Å². The van der Waals surface area contributed by atoms with E-state index >= 15 is 0 Å². The summed E-state index contributed by atoms with van der Waals surface area (Å²) >= 11 is 0. The molecule has 0 saturated heterocycles. The van der Waals surface area contributed by atoms with Crippen LogP contribution < -0.4 is 4.74 Å². The molecule has 4 heteroatoms. The fourth-order valence-electron chi connectivity index (χ4n) is 2.90. The van der Waals surface area contributed by atoms with Crippen LogP contribution in [-0.2, 0) is 6.42 Å². The molecule has 0 amide bonds. The molecule has 2 aromatic heterocycles. The van der Waals surface area contributed by atoms with Crippen LogP contribution >= 0.6 is 0 Å². The highest BCUT2D eigenvalue weighted by Gasteiger charge is 2.05. The third-order valence-electron chi connectivity index (χ3n) is 4.22. The zero-order valence-electron chi connectivity index (χ0n) is 13.8. The number of benzene rings is 2. The number of rotatable bonds is 4. The van der Waals surface area contributed by atoms with Crippen LogP contribution in [0.25, 0.3) is 16.8 Å². The van der Waals surface area contributed by atoms with Gasteiger partial charge >= 0.3 is 0 Å². The summed E-state index contributed by atoms with van der Waals surface area (Å²) in [6.45, 7) is 0. The number of hydrogen-bond donors (Lipinski definition) is 0. The van der Waals surface area contributed by atoms with Crippen molar-refractivity contribution in [2.45, 2.75) is 6.42 Å². The molecule has 2 heterocycles. The van der Waals surface area contributed by atoms with Crippen LogP contribution in [-0.4, -0.2) is 16.5 Å². The van der Waals surface area contributed by atoms with Gasteiger partial charge in [0.25, 0.3) is 0 Å². The van der Waals surface area contributed by atoms with E-state index in [1.165, 1.54) is 12.1 Å². The van der Waals surface area contributed by atoms with Crippen LogP contribution in [0, 0.1) is 5.82 Å². The van der Waals surface area contributed by atoms with E-state index in [1.54, 1.807) is 19.2 Å². The second-order valence-corrected chi connectivity index (χ2v) is 5.95. The number of nitrogens with zero attached hydrogens (tertiary/aromatic N) is 2. The molecule has 0 aliphatic rings. The number of fused-ring (bicyclic) bond motifs is 1. The lowest BCUT2D eigenvalue weighted by atomic mass is 10.1. The van der Waals surface area contributed by atoms with Crippen LogP contribution in [0.1, 0.15) is 11.3 Å². The van der Waals surface area contributed by atoms with E-state index < -0.39 is 0 Å². The van der Waals surface area contributed by atoms with Crippen LogP contribution in [0.5, 0.6) is 5.75 Å². The smallest absolute Gasteiger partial charge is 0.137 e. The van der Waals surface area contributed by atoms with E-state index in [0.29, 0.717) is 6.42 Å². The average Bonchev–Trinajstić information content (AvgIpc) is 3.05. The maximum absolute atomic E-state index is 13.0. The first-order chi connectivity index (χ1) is 12.2.